The first-order chi connectivity index (χ1) is 17.4. The molecule has 182 valence electrons. The number of benzene rings is 1. The van der Waals surface area contributed by atoms with Gasteiger partial charge in [0.1, 0.15) is 17.7 Å². The molecule has 4 rings (SSSR count). The second-order valence-corrected chi connectivity index (χ2v) is 8.61. The molecule has 36 heavy (non-hydrogen) atoms. The van der Waals surface area contributed by atoms with Gasteiger partial charge in [-0.3, -0.25) is 5.32 Å². The Bertz CT molecular complexity index is 1390. The molecule has 1 unspecified atom stereocenters. The van der Waals surface area contributed by atoms with E-state index in [9.17, 15) is 14.4 Å². The van der Waals surface area contributed by atoms with Crippen LogP contribution in [0.3, 0.4) is 0 Å². The van der Waals surface area contributed by atoms with Crippen LogP contribution in [-0.4, -0.2) is 22.0 Å². The summed E-state index contributed by atoms with van der Waals surface area (Å²) < 4.78 is 13.1. The predicted octanol–water partition coefficient (Wildman–Crippen LogP) is 5.83. The molecule has 2 aromatic heterocycles. The van der Waals surface area contributed by atoms with E-state index in [1.165, 1.54) is 12.2 Å². The third-order valence-electron chi connectivity index (χ3n) is 5.94. The molecular formula is C28H27FN6O. The van der Waals surface area contributed by atoms with Gasteiger partial charge in [0.15, 0.2) is 0 Å². The smallest absolute Gasteiger partial charge is 0.320 e. The number of aryl methyl sites for hydroxylation is 2. The summed E-state index contributed by atoms with van der Waals surface area (Å²) in [6.45, 7) is 4.15. The lowest BCUT2D eigenvalue weighted by molar-refractivity contribution is 0.250. The van der Waals surface area contributed by atoms with Crippen LogP contribution in [0.25, 0.3) is 22.5 Å². The van der Waals surface area contributed by atoms with Gasteiger partial charge in [-0.2, -0.15) is 5.26 Å². The number of nitriles is 1. The summed E-state index contributed by atoms with van der Waals surface area (Å²) in [5.74, 6) is 0.0157. The summed E-state index contributed by atoms with van der Waals surface area (Å²) in [4.78, 5) is 21.4. The number of nitrogens with one attached hydrogen (secondary N) is 2. The van der Waals surface area contributed by atoms with Crippen LogP contribution in [0, 0.1) is 18.3 Å². The Morgan fingerprint density at radius 3 is 2.78 bits per heavy atom. The van der Waals surface area contributed by atoms with E-state index in [0.717, 1.165) is 29.5 Å². The zero-order chi connectivity index (χ0) is 25.7. The van der Waals surface area contributed by atoms with Gasteiger partial charge in [-0.25, -0.2) is 19.2 Å². The first-order valence-corrected chi connectivity index (χ1v) is 11.8. The number of nitrogens with two attached hydrogens (primary N) is 1. The van der Waals surface area contributed by atoms with Crippen molar-refractivity contribution in [2.24, 2.45) is 0 Å². The van der Waals surface area contributed by atoms with E-state index in [2.05, 4.69) is 34.7 Å². The number of aromatic nitrogens is 2. The molecule has 0 fully saturated rings. The molecule has 4 N–H and O–H groups in total. The second-order valence-electron chi connectivity index (χ2n) is 8.61. The molecule has 0 saturated carbocycles. The molecule has 0 bridgehead atoms. The predicted molar refractivity (Wildman–Crippen MR) is 140 cm³/mol. The van der Waals surface area contributed by atoms with Gasteiger partial charge in [-0.15, -0.1) is 0 Å². The van der Waals surface area contributed by atoms with Crippen LogP contribution in [0.4, 0.5) is 20.7 Å². The van der Waals surface area contributed by atoms with Crippen molar-refractivity contribution in [3.63, 3.8) is 0 Å². The van der Waals surface area contributed by atoms with E-state index < -0.39 is 6.03 Å². The fraction of sp³-hybridized carbons (Fsp3) is 0.214. The number of nitrogen functional groups attached to an aromatic ring is 1. The summed E-state index contributed by atoms with van der Waals surface area (Å²) in [7, 11) is 0. The number of carbonyl (C=O) groups is 1. The minimum absolute atomic E-state index is 0.293. The standard InChI is InChI=1S/C28H27FN6O/c1-3-5-18-7-4-6-17(2)25(18)27-23(31)14-20(15-30)26(35-27)19-8-13-24(32-16-19)34-28(36)33-22-11-9-21(29)10-12-22/h4,6-11,13-14,16,22H,3,5,12,31H2,1-2H3,(H2,32,33,34,36). The molecule has 0 radical (unpaired) electrons. The van der Waals surface area contributed by atoms with E-state index >= 15 is 0 Å². The fourth-order valence-electron chi connectivity index (χ4n) is 4.21. The zero-order valence-electron chi connectivity index (χ0n) is 20.2. The SMILES string of the molecule is CCCc1cccc(C)c1-c1nc(-c2ccc(NC(=O)NC3C=CC(F)=CC3)nc2)c(C#N)cc1N. The summed E-state index contributed by atoms with van der Waals surface area (Å²) >= 11 is 0. The fourth-order valence-corrected chi connectivity index (χ4v) is 4.21. The van der Waals surface area contributed by atoms with Gasteiger partial charge >= 0.3 is 6.03 Å². The van der Waals surface area contributed by atoms with Crippen LogP contribution in [-0.2, 0) is 6.42 Å². The summed E-state index contributed by atoms with van der Waals surface area (Å²) in [6.07, 6.45) is 8.15. The van der Waals surface area contributed by atoms with E-state index in [1.54, 1.807) is 30.5 Å². The Kier molecular flexibility index (Phi) is 7.40. The van der Waals surface area contributed by atoms with Crippen molar-refractivity contribution < 1.29 is 9.18 Å². The van der Waals surface area contributed by atoms with Crippen LogP contribution >= 0.6 is 0 Å². The van der Waals surface area contributed by atoms with Crippen LogP contribution in [0.1, 0.15) is 36.5 Å². The summed E-state index contributed by atoms with van der Waals surface area (Å²) in [6, 6.07) is 12.6. The van der Waals surface area contributed by atoms with Crippen LogP contribution in [0.15, 0.2) is 66.6 Å². The number of hydrogen-bond donors (Lipinski definition) is 3. The van der Waals surface area contributed by atoms with Crippen LogP contribution in [0.2, 0.25) is 0 Å². The molecule has 1 aromatic carbocycles. The number of hydrogen-bond acceptors (Lipinski definition) is 5. The molecule has 0 aliphatic heterocycles. The van der Waals surface area contributed by atoms with E-state index in [4.69, 9.17) is 10.7 Å². The number of nitrogens with zero attached hydrogens (tertiary/aromatic N) is 3. The Morgan fingerprint density at radius 2 is 2.11 bits per heavy atom. The topological polar surface area (TPSA) is 117 Å². The molecule has 7 nitrogen and oxygen atoms in total. The van der Waals surface area contributed by atoms with Gasteiger partial charge in [0.05, 0.1) is 28.7 Å². The largest absolute Gasteiger partial charge is 0.397 e. The summed E-state index contributed by atoms with van der Waals surface area (Å²) in [5, 5.41) is 15.2. The number of allylic oxidation sites excluding steroid dienone is 2. The first kappa shape index (κ1) is 24.6. The highest BCUT2D eigenvalue weighted by Crippen LogP contribution is 2.35. The van der Waals surface area contributed by atoms with Gasteiger partial charge in [0.25, 0.3) is 0 Å². The zero-order valence-corrected chi connectivity index (χ0v) is 20.2. The highest BCUT2D eigenvalue weighted by molar-refractivity contribution is 5.89. The van der Waals surface area contributed by atoms with E-state index in [0.29, 0.717) is 40.4 Å². The van der Waals surface area contributed by atoms with Crippen molar-refractivity contribution in [2.45, 2.75) is 39.2 Å². The number of halogens is 1. The highest BCUT2D eigenvalue weighted by Gasteiger charge is 2.18. The average molecular weight is 483 g/mol. The molecule has 1 atom stereocenters. The van der Waals surface area contributed by atoms with Crippen LogP contribution < -0.4 is 16.4 Å². The number of amides is 2. The summed E-state index contributed by atoms with van der Waals surface area (Å²) in [5.41, 5.74) is 12.1. The quantitative estimate of drug-likeness (QED) is 0.409. The maximum atomic E-state index is 13.1. The molecule has 1 aliphatic rings. The molecule has 8 heteroatoms. The molecule has 0 spiro atoms. The van der Waals surface area contributed by atoms with Gasteiger partial charge in [0.2, 0.25) is 0 Å². The van der Waals surface area contributed by atoms with Crippen molar-refractivity contribution >= 4 is 17.5 Å². The monoisotopic (exact) mass is 482 g/mol. The van der Waals surface area contributed by atoms with E-state index in [1.807, 2.05) is 19.1 Å². The van der Waals surface area contributed by atoms with Crippen molar-refractivity contribution in [3.05, 3.63) is 83.3 Å². The first-order valence-electron chi connectivity index (χ1n) is 11.8. The van der Waals surface area contributed by atoms with Crippen LogP contribution in [0.5, 0.6) is 0 Å². The Hall–Kier alpha value is -4.51. The number of rotatable bonds is 6. The second kappa shape index (κ2) is 10.8. The van der Waals surface area contributed by atoms with Crippen molar-refractivity contribution in [2.75, 3.05) is 11.1 Å². The Balaban J connectivity index is 1.60. The van der Waals surface area contributed by atoms with Crippen molar-refractivity contribution in [1.82, 2.24) is 15.3 Å². The third-order valence-corrected chi connectivity index (χ3v) is 5.94. The molecule has 2 amide bonds. The number of urea groups is 1. The number of anilines is 2. The number of pyridine rings is 2. The van der Waals surface area contributed by atoms with Gasteiger partial charge in [0, 0.05) is 17.3 Å². The highest BCUT2D eigenvalue weighted by atomic mass is 19.1. The van der Waals surface area contributed by atoms with E-state index in [-0.39, 0.29) is 11.9 Å². The van der Waals surface area contributed by atoms with Crippen molar-refractivity contribution in [1.29, 1.82) is 5.26 Å². The molecule has 1 aliphatic carbocycles. The maximum absolute atomic E-state index is 13.1. The molecule has 2 heterocycles. The van der Waals surface area contributed by atoms with Crippen molar-refractivity contribution in [3.8, 4) is 28.6 Å². The molecule has 3 aromatic rings. The normalized spacial score (nSPS) is 14.6. The Labute approximate surface area is 209 Å². The maximum Gasteiger partial charge on any atom is 0.320 e. The number of carbonyl (C=O) groups excluding carboxylic acids is 1. The Morgan fingerprint density at radius 1 is 1.28 bits per heavy atom. The average Bonchev–Trinajstić information content (AvgIpc) is 2.86. The van der Waals surface area contributed by atoms with Gasteiger partial charge in [-0.1, -0.05) is 37.6 Å². The minimum Gasteiger partial charge on any atom is -0.397 e. The molecule has 0 saturated heterocycles. The molecular weight excluding hydrogens is 455 g/mol. The third kappa shape index (κ3) is 5.41. The van der Waals surface area contributed by atoms with Gasteiger partial charge < -0.3 is 11.1 Å². The lowest BCUT2D eigenvalue weighted by Gasteiger charge is -2.17. The lowest BCUT2D eigenvalue weighted by Crippen LogP contribution is -2.37. The minimum atomic E-state index is -0.450. The lowest BCUT2D eigenvalue weighted by atomic mass is 9.94. The van der Waals surface area contributed by atoms with Gasteiger partial charge in [-0.05, 0) is 61.2 Å².